The molecule has 0 radical (unpaired) electrons. The van der Waals surface area contributed by atoms with Gasteiger partial charge in [-0.3, -0.25) is 0 Å². The van der Waals surface area contributed by atoms with Crippen LogP contribution in [0.3, 0.4) is 0 Å². The molecule has 3 N–H and O–H groups in total. The van der Waals surface area contributed by atoms with E-state index in [2.05, 4.69) is 45.5 Å². The summed E-state index contributed by atoms with van der Waals surface area (Å²) in [6.45, 7) is 0.543. The van der Waals surface area contributed by atoms with Crippen molar-refractivity contribution in [1.82, 2.24) is 0 Å². The SMILES string of the molecule is NCC(Nc1ccc(Br)c(Cl)c1)c1cccc(C2CC2)c1. The number of halogens is 2. The zero-order chi connectivity index (χ0) is 14.8. The lowest BCUT2D eigenvalue weighted by atomic mass is 10.0. The van der Waals surface area contributed by atoms with E-state index in [1.165, 1.54) is 24.0 Å². The van der Waals surface area contributed by atoms with Crippen molar-refractivity contribution < 1.29 is 0 Å². The Balaban J connectivity index is 1.80. The van der Waals surface area contributed by atoms with Gasteiger partial charge >= 0.3 is 0 Å². The molecule has 0 aliphatic heterocycles. The van der Waals surface area contributed by atoms with E-state index in [-0.39, 0.29) is 6.04 Å². The van der Waals surface area contributed by atoms with E-state index in [1.807, 2.05) is 18.2 Å². The molecule has 0 amide bonds. The zero-order valence-electron chi connectivity index (χ0n) is 11.7. The van der Waals surface area contributed by atoms with Crippen LogP contribution in [0.1, 0.15) is 35.9 Å². The molecule has 1 unspecified atom stereocenters. The third-order valence-corrected chi connectivity index (χ3v) is 5.09. The minimum Gasteiger partial charge on any atom is -0.377 e. The molecule has 0 spiro atoms. The second-order valence-corrected chi connectivity index (χ2v) is 6.77. The molecule has 2 aromatic rings. The Kier molecular flexibility index (Phi) is 4.53. The second kappa shape index (κ2) is 6.39. The molecule has 1 saturated carbocycles. The van der Waals surface area contributed by atoms with Gasteiger partial charge in [-0.05, 0) is 64.0 Å². The van der Waals surface area contributed by atoms with Crippen LogP contribution in [0.4, 0.5) is 5.69 Å². The van der Waals surface area contributed by atoms with Crippen LogP contribution in [0.25, 0.3) is 0 Å². The second-order valence-electron chi connectivity index (χ2n) is 5.51. The van der Waals surface area contributed by atoms with Gasteiger partial charge in [0.2, 0.25) is 0 Å². The highest BCUT2D eigenvalue weighted by Gasteiger charge is 2.24. The van der Waals surface area contributed by atoms with Crippen LogP contribution in [0.5, 0.6) is 0 Å². The van der Waals surface area contributed by atoms with E-state index < -0.39 is 0 Å². The van der Waals surface area contributed by atoms with Crippen molar-refractivity contribution in [2.24, 2.45) is 5.73 Å². The van der Waals surface area contributed by atoms with Gasteiger partial charge in [-0.2, -0.15) is 0 Å². The van der Waals surface area contributed by atoms with Crippen LogP contribution in [0.2, 0.25) is 5.02 Å². The fourth-order valence-corrected chi connectivity index (χ4v) is 2.94. The molecule has 110 valence electrons. The van der Waals surface area contributed by atoms with Crippen molar-refractivity contribution in [3.63, 3.8) is 0 Å². The fraction of sp³-hybridized carbons (Fsp3) is 0.294. The van der Waals surface area contributed by atoms with Crippen LogP contribution in [-0.2, 0) is 0 Å². The summed E-state index contributed by atoms with van der Waals surface area (Å²) < 4.78 is 0.898. The predicted molar refractivity (Wildman–Crippen MR) is 93.0 cm³/mol. The van der Waals surface area contributed by atoms with Crippen molar-refractivity contribution in [1.29, 1.82) is 0 Å². The molecule has 0 aromatic heterocycles. The molecule has 4 heteroatoms. The standard InChI is InChI=1S/C17H18BrClN2/c18-15-7-6-14(9-16(15)19)21-17(10-20)13-3-1-2-12(8-13)11-4-5-11/h1-3,6-9,11,17,21H,4-5,10,20H2. The largest absolute Gasteiger partial charge is 0.377 e. The lowest BCUT2D eigenvalue weighted by molar-refractivity contribution is 0.787. The smallest absolute Gasteiger partial charge is 0.0636 e. The molecule has 1 atom stereocenters. The third-order valence-electron chi connectivity index (χ3n) is 3.86. The van der Waals surface area contributed by atoms with Crippen LogP contribution >= 0.6 is 27.5 Å². The lowest BCUT2D eigenvalue weighted by Gasteiger charge is -2.20. The maximum absolute atomic E-state index is 6.14. The number of nitrogens with one attached hydrogen (secondary N) is 1. The van der Waals surface area contributed by atoms with Gasteiger partial charge in [-0.15, -0.1) is 0 Å². The van der Waals surface area contributed by atoms with E-state index in [1.54, 1.807) is 0 Å². The van der Waals surface area contributed by atoms with Crippen molar-refractivity contribution in [2.45, 2.75) is 24.8 Å². The van der Waals surface area contributed by atoms with E-state index in [0.717, 1.165) is 16.1 Å². The average molecular weight is 366 g/mol. The summed E-state index contributed by atoms with van der Waals surface area (Å²) in [5.41, 5.74) is 9.61. The van der Waals surface area contributed by atoms with Gasteiger partial charge in [0, 0.05) is 16.7 Å². The normalized spacial score (nSPS) is 15.8. The van der Waals surface area contributed by atoms with Gasteiger partial charge < -0.3 is 11.1 Å². The number of anilines is 1. The summed E-state index contributed by atoms with van der Waals surface area (Å²) >= 11 is 9.55. The number of hydrogen-bond donors (Lipinski definition) is 2. The minimum absolute atomic E-state index is 0.0981. The first kappa shape index (κ1) is 14.9. The molecule has 1 aliphatic carbocycles. The summed E-state index contributed by atoms with van der Waals surface area (Å²) in [6.07, 6.45) is 2.62. The molecule has 21 heavy (non-hydrogen) atoms. The van der Waals surface area contributed by atoms with Gasteiger partial charge in [0.05, 0.1) is 11.1 Å². The Bertz CT molecular complexity index is 640. The minimum atomic E-state index is 0.0981. The zero-order valence-corrected chi connectivity index (χ0v) is 14.0. The first-order valence-electron chi connectivity index (χ1n) is 7.19. The molecule has 3 rings (SSSR count). The predicted octanol–water partition coefficient (Wildman–Crippen LogP) is 5.09. The van der Waals surface area contributed by atoms with E-state index in [0.29, 0.717) is 11.6 Å². The maximum atomic E-state index is 6.14. The van der Waals surface area contributed by atoms with Crippen LogP contribution in [-0.4, -0.2) is 6.54 Å². The van der Waals surface area contributed by atoms with Crippen molar-refractivity contribution in [3.8, 4) is 0 Å². The maximum Gasteiger partial charge on any atom is 0.0636 e. The molecule has 0 heterocycles. The topological polar surface area (TPSA) is 38.0 Å². The first-order valence-corrected chi connectivity index (χ1v) is 8.36. The molecule has 2 nitrogen and oxygen atoms in total. The summed E-state index contributed by atoms with van der Waals surface area (Å²) in [4.78, 5) is 0. The fourth-order valence-electron chi connectivity index (χ4n) is 2.51. The summed E-state index contributed by atoms with van der Waals surface area (Å²) in [6, 6.07) is 14.7. The molecule has 2 aromatic carbocycles. The van der Waals surface area contributed by atoms with Gasteiger partial charge in [-0.25, -0.2) is 0 Å². The molecule has 0 saturated heterocycles. The third kappa shape index (κ3) is 3.60. The summed E-state index contributed by atoms with van der Waals surface area (Å²) in [5.74, 6) is 0.755. The molecule has 1 fully saturated rings. The van der Waals surface area contributed by atoms with Crippen molar-refractivity contribution in [3.05, 3.63) is 63.1 Å². The van der Waals surface area contributed by atoms with Crippen molar-refractivity contribution >= 4 is 33.2 Å². The monoisotopic (exact) mass is 364 g/mol. The summed E-state index contributed by atoms with van der Waals surface area (Å²) in [5, 5.41) is 4.17. The number of nitrogens with two attached hydrogens (primary N) is 1. The lowest BCUT2D eigenvalue weighted by Crippen LogP contribution is -2.20. The first-order chi connectivity index (χ1) is 10.2. The van der Waals surface area contributed by atoms with Crippen LogP contribution < -0.4 is 11.1 Å². The van der Waals surface area contributed by atoms with E-state index in [4.69, 9.17) is 17.3 Å². The Hall–Kier alpha value is -1.03. The highest BCUT2D eigenvalue weighted by atomic mass is 79.9. The van der Waals surface area contributed by atoms with Crippen LogP contribution in [0.15, 0.2) is 46.9 Å². The van der Waals surface area contributed by atoms with Gasteiger partial charge in [0.15, 0.2) is 0 Å². The van der Waals surface area contributed by atoms with Crippen LogP contribution in [0, 0.1) is 0 Å². The van der Waals surface area contributed by atoms with Gasteiger partial charge in [0.25, 0.3) is 0 Å². The molecular formula is C17H18BrClN2. The Labute approximate surface area is 138 Å². The Morgan fingerprint density at radius 2 is 2.05 bits per heavy atom. The van der Waals surface area contributed by atoms with Gasteiger partial charge in [0.1, 0.15) is 0 Å². The number of hydrogen-bond acceptors (Lipinski definition) is 2. The Morgan fingerprint density at radius 1 is 1.24 bits per heavy atom. The molecular weight excluding hydrogens is 348 g/mol. The van der Waals surface area contributed by atoms with Gasteiger partial charge in [-0.1, -0.05) is 35.9 Å². The molecule has 0 bridgehead atoms. The average Bonchev–Trinajstić information content (AvgIpc) is 3.33. The Morgan fingerprint density at radius 3 is 2.71 bits per heavy atom. The highest BCUT2D eigenvalue weighted by molar-refractivity contribution is 9.10. The number of benzene rings is 2. The quantitative estimate of drug-likeness (QED) is 0.774. The summed E-state index contributed by atoms with van der Waals surface area (Å²) in [7, 11) is 0. The van der Waals surface area contributed by atoms with Crippen molar-refractivity contribution in [2.75, 3.05) is 11.9 Å². The molecule has 1 aliphatic rings. The van der Waals surface area contributed by atoms with E-state index >= 15 is 0 Å². The highest BCUT2D eigenvalue weighted by Crippen LogP contribution is 2.40. The van der Waals surface area contributed by atoms with E-state index in [9.17, 15) is 0 Å². The number of rotatable bonds is 5.